The average Bonchev–Trinajstić information content (AvgIpc) is 3.04. The monoisotopic (exact) mass is 468 g/mol. The number of thioether (sulfide) groups is 1. The Morgan fingerprint density at radius 2 is 1.91 bits per heavy atom. The second kappa shape index (κ2) is 10.6. The summed E-state index contributed by atoms with van der Waals surface area (Å²) in [6.07, 6.45) is 2.51. The number of nitrogens with one attached hydrogen (secondary N) is 1. The molecule has 8 heteroatoms. The SMILES string of the molecule is CC[C@@H](C)Oc1ccc(/C=C2\SC(=O)N(CC(=O)Nc3cc(C)ccc3C)C2=O)cc1OC. The first kappa shape index (κ1) is 24.4. The summed E-state index contributed by atoms with van der Waals surface area (Å²) in [5.74, 6) is 0.219. The summed E-state index contributed by atoms with van der Waals surface area (Å²) in [6, 6.07) is 11.0. The topological polar surface area (TPSA) is 84.9 Å². The summed E-state index contributed by atoms with van der Waals surface area (Å²) in [6.45, 7) is 7.46. The Balaban J connectivity index is 1.72. The van der Waals surface area contributed by atoms with Crippen LogP contribution in [0.25, 0.3) is 6.08 Å². The van der Waals surface area contributed by atoms with Crippen molar-refractivity contribution in [3.8, 4) is 11.5 Å². The predicted octanol–water partition coefficient (Wildman–Crippen LogP) is 5.16. The van der Waals surface area contributed by atoms with Gasteiger partial charge in [0.15, 0.2) is 11.5 Å². The second-order valence-electron chi connectivity index (χ2n) is 7.88. The van der Waals surface area contributed by atoms with Crippen LogP contribution in [0.2, 0.25) is 0 Å². The van der Waals surface area contributed by atoms with Gasteiger partial charge in [-0.1, -0.05) is 25.1 Å². The van der Waals surface area contributed by atoms with E-state index in [0.717, 1.165) is 34.2 Å². The van der Waals surface area contributed by atoms with Crippen molar-refractivity contribution in [3.05, 3.63) is 58.0 Å². The van der Waals surface area contributed by atoms with Crippen molar-refractivity contribution in [1.82, 2.24) is 4.90 Å². The molecule has 0 aliphatic carbocycles. The molecule has 0 saturated carbocycles. The number of carbonyl (C=O) groups excluding carboxylic acids is 3. The highest BCUT2D eigenvalue weighted by Gasteiger charge is 2.36. The minimum Gasteiger partial charge on any atom is -0.493 e. The maximum Gasteiger partial charge on any atom is 0.294 e. The molecule has 1 heterocycles. The Bertz CT molecular complexity index is 1110. The number of hydrogen-bond acceptors (Lipinski definition) is 6. The van der Waals surface area contributed by atoms with Crippen LogP contribution in [0.1, 0.15) is 37.0 Å². The summed E-state index contributed by atoms with van der Waals surface area (Å²) in [5.41, 5.74) is 3.25. The molecule has 0 radical (unpaired) electrons. The van der Waals surface area contributed by atoms with Crippen LogP contribution in [0.3, 0.4) is 0 Å². The van der Waals surface area contributed by atoms with Gasteiger partial charge in [-0.25, -0.2) is 0 Å². The first-order valence-electron chi connectivity index (χ1n) is 10.7. The van der Waals surface area contributed by atoms with Crippen LogP contribution >= 0.6 is 11.8 Å². The van der Waals surface area contributed by atoms with Crippen LogP contribution in [-0.2, 0) is 9.59 Å². The third-order valence-corrected chi connectivity index (χ3v) is 6.14. The van der Waals surface area contributed by atoms with Gasteiger partial charge in [0, 0.05) is 5.69 Å². The van der Waals surface area contributed by atoms with Crippen LogP contribution in [0.5, 0.6) is 11.5 Å². The van der Waals surface area contributed by atoms with E-state index in [4.69, 9.17) is 9.47 Å². The first-order chi connectivity index (χ1) is 15.7. The number of methoxy groups -OCH3 is 1. The lowest BCUT2D eigenvalue weighted by Crippen LogP contribution is -2.36. The number of anilines is 1. The zero-order valence-corrected chi connectivity index (χ0v) is 20.2. The zero-order valence-electron chi connectivity index (χ0n) is 19.4. The normalized spacial score (nSPS) is 15.7. The number of imide groups is 1. The molecule has 7 nitrogen and oxygen atoms in total. The lowest BCUT2D eigenvalue weighted by Gasteiger charge is -2.16. The van der Waals surface area contributed by atoms with Crippen molar-refractivity contribution in [2.45, 2.75) is 40.2 Å². The highest BCUT2D eigenvalue weighted by Crippen LogP contribution is 2.35. The van der Waals surface area contributed by atoms with E-state index < -0.39 is 17.1 Å². The molecule has 0 unspecified atom stereocenters. The second-order valence-corrected chi connectivity index (χ2v) is 8.87. The van der Waals surface area contributed by atoms with Gasteiger partial charge in [-0.05, 0) is 79.9 Å². The number of amides is 3. The first-order valence-corrected chi connectivity index (χ1v) is 11.5. The van der Waals surface area contributed by atoms with Crippen LogP contribution < -0.4 is 14.8 Å². The Hall–Kier alpha value is -3.26. The molecule has 1 fully saturated rings. The number of ether oxygens (including phenoxy) is 2. The molecule has 3 rings (SSSR count). The van der Waals surface area contributed by atoms with E-state index in [1.165, 1.54) is 0 Å². The molecule has 174 valence electrons. The minimum atomic E-state index is -0.500. The maximum absolute atomic E-state index is 12.8. The Morgan fingerprint density at radius 1 is 1.15 bits per heavy atom. The van der Waals surface area contributed by atoms with Crippen LogP contribution in [0.15, 0.2) is 41.3 Å². The largest absolute Gasteiger partial charge is 0.493 e. The number of benzene rings is 2. The molecule has 1 N–H and O–H groups in total. The van der Waals surface area contributed by atoms with Crippen molar-refractivity contribution >= 4 is 40.6 Å². The average molecular weight is 469 g/mol. The molecule has 33 heavy (non-hydrogen) atoms. The van der Waals surface area contributed by atoms with Gasteiger partial charge < -0.3 is 14.8 Å². The van der Waals surface area contributed by atoms with Crippen molar-refractivity contribution in [1.29, 1.82) is 0 Å². The third-order valence-electron chi connectivity index (χ3n) is 5.23. The smallest absolute Gasteiger partial charge is 0.294 e. The molecule has 0 spiro atoms. The van der Waals surface area contributed by atoms with Gasteiger partial charge in [-0.2, -0.15) is 0 Å². The summed E-state index contributed by atoms with van der Waals surface area (Å²) in [4.78, 5) is 38.9. The van der Waals surface area contributed by atoms with Gasteiger partial charge in [0.2, 0.25) is 5.91 Å². The Labute approximate surface area is 198 Å². The van der Waals surface area contributed by atoms with E-state index in [1.807, 2.05) is 45.9 Å². The van der Waals surface area contributed by atoms with E-state index in [9.17, 15) is 14.4 Å². The summed E-state index contributed by atoms with van der Waals surface area (Å²) in [5, 5.41) is 2.30. The molecule has 2 aromatic carbocycles. The summed E-state index contributed by atoms with van der Waals surface area (Å²) in [7, 11) is 1.55. The molecule has 1 aliphatic rings. The fraction of sp³-hybridized carbons (Fsp3) is 0.320. The summed E-state index contributed by atoms with van der Waals surface area (Å²) < 4.78 is 11.3. The zero-order chi connectivity index (χ0) is 24.1. The number of carbonyl (C=O) groups is 3. The molecule has 1 atom stereocenters. The predicted molar refractivity (Wildman–Crippen MR) is 131 cm³/mol. The summed E-state index contributed by atoms with van der Waals surface area (Å²) >= 11 is 0.809. The van der Waals surface area contributed by atoms with E-state index in [0.29, 0.717) is 22.7 Å². The maximum atomic E-state index is 12.8. The Kier molecular flexibility index (Phi) is 7.81. The van der Waals surface area contributed by atoms with Crippen molar-refractivity contribution < 1.29 is 23.9 Å². The van der Waals surface area contributed by atoms with Gasteiger partial charge in [0.25, 0.3) is 11.1 Å². The molecular weight excluding hydrogens is 440 g/mol. The lowest BCUT2D eigenvalue weighted by atomic mass is 10.1. The minimum absolute atomic E-state index is 0.0379. The lowest BCUT2D eigenvalue weighted by molar-refractivity contribution is -0.127. The van der Waals surface area contributed by atoms with Crippen molar-refractivity contribution in [2.75, 3.05) is 19.0 Å². The molecule has 0 bridgehead atoms. The van der Waals surface area contributed by atoms with Gasteiger partial charge in [-0.3, -0.25) is 19.3 Å². The number of aryl methyl sites for hydroxylation is 2. The highest BCUT2D eigenvalue weighted by atomic mass is 32.2. The van der Waals surface area contributed by atoms with Crippen LogP contribution in [-0.4, -0.2) is 41.7 Å². The fourth-order valence-corrected chi connectivity index (χ4v) is 4.00. The highest BCUT2D eigenvalue weighted by molar-refractivity contribution is 8.18. The van der Waals surface area contributed by atoms with Gasteiger partial charge in [-0.15, -0.1) is 0 Å². The molecule has 0 aromatic heterocycles. The third kappa shape index (κ3) is 5.96. The quantitative estimate of drug-likeness (QED) is 0.539. The van der Waals surface area contributed by atoms with E-state index in [2.05, 4.69) is 5.32 Å². The van der Waals surface area contributed by atoms with E-state index in [1.54, 1.807) is 31.4 Å². The Morgan fingerprint density at radius 3 is 2.61 bits per heavy atom. The molecule has 2 aromatic rings. The molecule has 1 saturated heterocycles. The number of hydrogen-bond donors (Lipinski definition) is 1. The molecule has 3 amide bonds. The fourth-order valence-electron chi connectivity index (χ4n) is 3.16. The van der Waals surface area contributed by atoms with Crippen LogP contribution in [0.4, 0.5) is 10.5 Å². The van der Waals surface area contributed by atoms with Crippen LogP contribution in [0, 0.1) is 13.8 Å². The van der Waals surface area contributed by atoms with Gasteiger partial charge in [0.1, 0.15) is 6.54 Å². The van der Waals surface area contributed by atoms with Crippen molar-refractivity contribution in [2.24, 2.45) is 0 Å². The molecular formula is C25H28N2O5S. The molecule has 1 aliphatic heterocycles. The standard InChI is InChI=1S/C25H28N2O5S/c1-6-17(4)32-20-10-9-18(12-21(20)31-5)13-22-24(29)27(25(30)33-22)14-23(28)26-19-11-15(2)7-8-16(19)3/h7-13,17H,6,14H2,1-5H3,(H,26,28)/b22-13-/t17-/m1/s1. The number of nitrogens with zero attached hydrogens (tertiary/aromatic N) is 1. The number of rotatable bonds is 8. The van der Waals surface area contributed by atoms with Gasteiger partial charge in [0.05, 0.1) is 18.1 Å². The van der Waals surface area contributed by atoms with E-state index >= 15 is 0 Å². The van der Waals surface area contributed by atoms with Gasteiger partial charge >= 0.3 is 0 Å². The van der Waals surface area contributed by atoms with Crippen molar-refractivity contribution in [3.63, 3.8) is 0 Å². The van der Waals surface area contributed by atoms with E-state index in [-0.39, 0.29) is 17.6 Å².